The van der Waals surface area contributed by atoms with Crippen molar-refractivity contribution < 1.29 is 14.6 Å². The highest BCUT2D eigenvalue weighted by atomic mass is 16.5. The number of carbonyl (C=O) groups excluding carboxylic acids is 1. The minimum absolute atomic E-state index is 0.0561. The molecule has 140 valence electrons. The standard InChI is InChI=1S/C19H26N4O3/c1-13-7-16(22-21-13)8-15-10-23(11-17(15)24)12-19(25)20-9-14-5-3-4-6-18(14)26-2/h3-7,15,17,24H,8-12H2,1-2H3,(H,20,25)(H,21,22)/t15-,17-/m1/s1. The van der Waals surface area contributed by atoms with Crippen LogP contribution in [-0.4, -0.2) is 59.0 Å². The predicted octanol–water partition coefficient (Wildman–Crippen LogP) is 0.878. The molecule has 2 aromatic rings. The number of β-amino-alcohol motifs (C(OH)–C–C–N with tert-alkyl or cyclic N) is 1. The summed E-state index contributed by atoms with van der Waals surface area (Å²) in [5.74, 6) is 0.804. The molecule has 1 aromatic carbocycles. The Morgan fingerprint density at radius 1 is 1.42 bits per heavy atom. The van der Waals surface area contributed by atoms with Gasteiger partial charge in [-0.25, -0.2) is 0 Å². The second-order valence-electron chi connectivity index (χ2n) is 6.86. The largest absolute Gasteiger partial charge is 0.496 e. The Hall–Kier alpha value is -2.38. The summed E-state index contributed by atoms with van der Waals surface area (Å²) in [5.41, 5.74) is 2.91. The maximum Gasteiger partial charge on any atom is 0.234 e. The van der Waals surface area contributed by atoms with Crippen molar-refractivity contribution in [3.8, 4) is 5.75 Å². The third kappa shape index (κ3) is 4.62. The summed E-state index contributed by atoms with van der Waals surface area (Å²) in [7, 11) is 1.62. The first-order valence-electron chi connectivity index (χ1n) is 8.85. The van der Waals surface area contributed by atoms with Crippen LogP contribution < -0.4 is 10.1 Å². The topological polar surface area (TPSA) is 90.5 Å². The van der Waals surface area contributed by atoms with E-state index in [1.54, 1.807) is 7.11 Å². The second-order valence-corrected chi connectivity index (χ2v) is 6.86. The van der Waals surface area contributed by atoms with Gasteiger partial charge in [0.2, 0.25) is 5.91 Å². The van der Waals surface area contributed by atoms with Crippen LogP contribution in [-0.2, 0) is 17.8 Å². The van der Waals surface area contributed by atoms with Crippen molar-refractivity contribution in [1.29, 1.82) is 0 Å². The summed E-state index contributed by atoms with van der Waals surface area (Å²) in [6, 6.07) is 9.62. The van der Waals surface area contributed by atoms with Crippen LogP contribution in [0, 0.1) is 12.8 Å². The molecule has 0 unspecified atom stereocenters. The van der Waals surface area contributed by atoms with E-state index in [0.29, 0.717) is 26.1 Å². The van der Waals surface area contributed by atoms with Crippen molar-refractivity contribution in [2.45, 2.75) is 26.0 Å². The second kappa shape index (κ2) is 8.33. The quantitative estimate of drug-likeness (QED) is 0.684. The summed E-state index contributed by atoms with van der Waals surface area (Å²) < 4.78 is 5.29. The summed E-state index contributed by atoms with van der Waals surface area (Å²) in [4.78, 5) is 14.2. The molecule has 3 N–H and O–H groups in total. The van der Waals surface area contributed by atoms with Gasteiger partial charge in [0.1, 0.15) is 5.75 Å². The van der Waals surface area contributed by atoms with E-state index >= 15 is 0 Å². The minimum Gasteiger partial charge on any atom is -0.496 e. The van der Waals surface area contributed by atoms with Crippen molar-refractivity contribution in [1.82, 2.24) is 20.4 Å². The molecule has 1 aliphatic rings. The van der Waals surface area contributed by atoms with E-state index in [-0.39, 0.29) is 18.4 Å². The fourth-order valence-corrected chi connectivity index (χ4v) is 3.42. The zero-order chi connectivity index (χ0) is 18.5. The maximum atomic E-state index is 12.3. The Bertz CT molecular complexity index is 746. The van der Waals surface area contributed by atoms with E-state index in [0.717, 1.165) is 22.7 Å². The number of ether oxygens (including phenoxy) is 1. The van der Waals surface area contributed by atoms with Gasteiger partial charge < -0.3 is 15.2 Å². The number of H-pyrrole nitrogens is 1. The van der Waals surface area contributed by atoms with Crippen molar-refractivity contribution in [3.05, 3.63) is 47.3 Å². The highest BCUT2D eigenvalue weighted by molar-refractivity contribution is 5.78. The fraction of sp³-hybridized carbons (Fsp3) is 0.474. The number of nitrogens with zero attached hydrogens (tertiary/aromatic N) is 2. The number of rotatable bonds is 7. The number of amides is 1. The fourth-order valence-electron chi connectivity index (χ4n) is 3.42. The molecule has 3 rings (SSSR count). The van der Waals surface area contributed by atoms with Crippen LogP contribution in [0.4, 0.5) is 0 Å². The molecule has 0 radical (unpaired) electrons. The molecule has 1 aliphatic heterocycles. The number of benzene rings is 1. The monoisotopic (exact) mass is 358 g/mol. The van der Waals surface area contributed by atoms with Crippen LogP contribution in [0.3, 0.4) is 0 Å². The number of carbonyl (C=O) groups is 1. The minimum atomic E-state index is -0.436. The van der Waals surface area contributed by atoms with Gasteiger partial charge >= 0.3 is 0 Å². The summed E-state index contributed by atoms with van der Waals surface area (Å²) in [6.45, 7) is 3.86. The number of hydrogen-bond donors (Lipinski definition) is 3. The zero-order valence-corrected chi connectivity index (χ0v) is 15.2. The zero-order valence-electron chi connectivity index (χ0n) is 15.2. The average Bonchev–Trinajstić information content (AvgIpc) is 3.19. The van der Waals surface area contributed by atoms with Crippen LogP contribution in [0.1, 0.15) is 17.0 Å². The van der Waals surface area contributed by atoms with Crippen molar-refractivity contribution in [2.24, 2.45) is 5.92 Å². The van der Waals surface area contributed by atoms with E-state index in [4.69, 9.17) is 4.74 Å². The molecular formula is C19H26N4O3. The Balaban J connectivity index is 1.47. The number of aryl methyl sites for hydroxylation is 1. The molecule has 1 fully saturated rings. The molecular weight excluding hydrogens is 332 g/mol. The summed E-state index contributed by atoms with van der Waals surface area (Å²) in [6.07, 6.45) is 0.277. The molecule has 2 heterocycles. The van der Waals surface area contributed by atoms with Gasteiger partial charge in [0.25, 0.3) is 0 Å². The number of aromatic amines is 1. The van der Waals surface area contributed by atoms with Gasteiger partial charge in [-0.3, -0.25) is 14.8 Å². The van der Waals surface area contributed by atoms with E-state index in [2.05, 4.69) is 15.5 Å². The van der Waals surface area contributed by atoms with Gasteiger partial charge in [-0.1, -0.05) is 18.2 Å². The summed E-state index contributed by atoms with van der Waals surface area (Å²) in [5, 5.41) is 20.4. The lowest BCUT2D eigenvalue weighted by atomic mass is 10.0. The van der Waals surface area contributed by atoms with E-state index in [1.165, 1.54) is 0 Å². The number of aromatic nitrogens is 2. The lowest BCUT2D eigenvalue weighted by molar-refractivity contribution is -0.122. The molecule has 1 amide bonds. The van der Waals surface area contributed by atoms with Crippen LogP contribution in [0.2, 0.25) is 0 Å². The van der Waals surface area contributed by atoms with Gasteiger partial charge in [-0.05, 0) is 25.5 Å². The Kier molecular flexibility index (Phi) is 5.90. The van der Waals surface area contributed by atoms with Crippen LogP contribution in [0.15, 0.2) is 30.3 Å². The number of hydrogen-bond acceptors (Lipinski definition) is 5. The molecule has 0 spiro atoms. The van der Waals surface area contributed by atoms with Crippen LogP contribution in [0.5, 0.6) is 5.75 Å². The van der Waals surface area contributed by atoms with E-state index < -0.39 is 6.10 Å². The Morgan fingerprint density at radius 2 is 2.23 bits per heavy atom. The highest BCUT2D eigenvalue weighted by Crippen LogP contribution is 2.21. The van der Waals surface area contributed by atoms with Crippen molar-refractivity contribution in [3.63, 3.8) is 0 Å². The molecule has 2 atom stereocenters. The highest BCUT2D eigenvalue weighted by Gasteiger charge is 2.32. The molecule has 0 aliphatic carbocycles. The SMILES string of the molecule is COc1ccccc1CNC(=O)CN1C[C@@H](Cc2cc(C)[nH]n2)[C@H](O)C1. The van der Waals surface area contributed by atoms with Crippen molar-refractivity contribution in [2.75, 3.05) is 26.7 Å². The lowest BCUT2D eigenvalue weighted by Gasteiger charge is -2.15. The molecule has 26 heavy (non-hydrogen) atoms. The maximum absolute atomic E-state index is 12.3. The first kappa shape index (κ1) is 18.4. The Labute approximate surface area is 153 Å². The number of methoxy groups -OCH3 is 1. The van der Waals surface area contributed by atoms with E-state index in [1.807, 2.05) is 42.2 Å². The number of likely N-dealkylation sites (tertiary alicyclic amines) is 1. The van der Waals surface area contributed by atoms with Gasteiger partial charge in [0, 0.05) is 36.8 Å². The third-order valence-electron chi connectivity index (χ3n) is 4.75. The molecule has 1 saturated heterocycles. The molecule has 0 saturated carbocycles. The molecule has 1 aromatic heterocycles. The smallest absolute Gasteiger partial charge is 0.234 e. The Morgan fingerprint density at radius 3 is 2.96 bits per heavy atom. The van der Waals surface area contributed by atoms with Crippen LogP contribution in [0.25, 0.3) is 0 Å². The van der Waals surface area contributed by atoms with E-state index in [9.17, 15) is 9.90 Å². The molecule has 7 nitrogen and oxygen atoms in total. The molecule has 7 heteroatoms. The lowest BCUT2D eigenvalue weighted by Crippen LogP contribution is -2.36. The average molecular weight is 358 g/mol. The van der Waals surface area contributed by atoms with Gasteiger partial charge in [0.05, 0.1) is 25.5 Å². The normalized spacial score (nSPS) is 20.3. The number of aliphatic hydroxyl groups excluding tert-OH is 1. The van der Waals surface area contributed by atoms with Gasteiger partial charge in [0.15, 0.2) is 0 Å². The number of aliphatic hydroxyl groups is 1. The summed E-state index contributed by atoms with van der Waals surface area (Å²) >= 11 is 0. The number of para-hydroxylation sites is 1. The van der Waals surface area contributed by atoms with Crippen molar-refractivity contribution >= 4 is 5.91 Å². The van der Waals surface area contributed by atoms with Gasteiger partial charge in [-0.15, -0.1) is 0 Å². The first-order chi connectivity index (χ1) is 12.5. The number of nitrogens with one attached hydrogen (secondary N) is 2. The first-order valence-corrected chi connectivity index (χ1v) is 8.85. The van der Waals surface area contributed by atoms with Crippen LogP contribution >= 0.6 is 0 Å². The third-order valence-corrected chi connectivity index (χ3v) is 4.75. The molecule has 0 bridgehead atoms. The predicted molar refractivity (Wildman–Crippen MR) is 97.8 cm³/mol. The van der Waals surface area contributed by atoms with Gasteiger partial charge in [-0.2, -0.15) is 5.10 Å².